The van der Waals surface area contributed by atoms with Gasteiger partial charge in [-0.25, -0.2) is 4.79 Å². The summed E-state index contributed by atoms with van der Waals surface area (Å²) in [6, 6.07) is 13.5. The number of carbonyl (C=O) groups excluding carboxylic acids is 2. The Bertz CT molecular complexity index is 1310. The van der Waals surface area contributed by atoms with Crippen LogP contribution in [0.1, 0.15) is 32.9 Å². The van der Waals surface area contributed by atoms with E-state index in [1.165, 1.54) is 0 Å². The fraction of sp³-hybridized carbons (Fsp3) is 0.125. The van der Waals surface area contributed by atoms with Gasteiger partial charge in [0, 0.05) is 32.7 Å². The molecule has 3 aromatic rings. The van der Waals surface area contributed by atoms with E-state index in [-0.39, 0.29) is 17.3 Å². The van der Waals surface area contributed by atoms with Crippen molar-refractivity contribution in [3.05, 3.63) is 91.6 Å². The molecule has 0 aliphatic carbocycles. The zero-order valence-corrected chi connectivity index (χ0v) is 20.0. The molecule has 1 aromatic heterocycles. The Kier molecular flexibility index (Phi) is 6.38. The van der Waals surface area contributed by atoms with Crippen LogP contribution in [0.4, 0.5) is 4.79 Å². The molecule has 2 amide bonds. The summed E-state index contributed by atoms with van der Waals surface area (Å²) in [4.78, 5) is 38.1. The standard InChI is InChI=1S/C24H18Cl2N2O4S/c1-13-10-16(14(2)28(13)17-8-6-15(7-9-17)23(30)31)11-21-22(29)27(24(32)33-21)12-18-19(25)4-3-5-20(18)26/h3-11H,12H2,1-2H3,(H,30,31)/b21-11-. The van der Waals surface area contributed by atoms with Crippen molar-refractivity contribution in [2.75, 3.05) is 0 Å². The van der Waals surface area contributed by atoms with Crippen LogP contribution in [0, 0.1) is 13.8 Å². The quantitative estimate of drug-likeness (QED) is 0.413. The van der Waals surface area contributed by atoms with E-state index in [0.29, 0.717) is 20.5 Å². The highest BCUT2D eigenvalue weighted by Gasteiger charge is 2.36. The first kappa shape index (κ1) is 23.2. The number of carboxylic acid groups (broad SMARTS) is 1. The molecule has 0 spiro atoms. The zero-order valence-electron chi connectivity index (χ0n) is 17.6. The molecule has 0 radical (unpaired) electrons. The predicted octanol–water partition coefficient (Wildman–Crippen LogP) is 6.34. The molecule has 0 bridgehead atoms. The summed E-state index contributed by atoms with van der Waals surface area (Å²) in [6.07, 6.45) is 1.70. The van der Waals surface area contributed by atoms with Gasteiger partial charge in [0.1, 0.15) is 0 Å². The van der Waals surface area contributed by atoms with Gasteiger partial charge < -0.3 is 9.67 Å². The predicted molar refractivity (Wildman–Crippen MR) is 130 cm³/mol. The summed E-state index contributed by atoms with van der Waals surface area (Å²) in [5, 5.41) is 9.51. The lowest BCUT2D eigenvalue weighted by Crippen LogP contribution is -2.27. The Balaban J connectivity index is 1.63. The number of hydrogen-bond acceptors (Lipinski definition) is 4. The van der Waals surface area contributed by atoms with Gasteiger partial charge in [0.15, 0.2) is 0 Å². The number of carboxylic acids is 1. The van der Waals surface area contributed by atoms with Crippen LogP contribution in [-0.2, 0) is 11.3 Å². The number of aryl methyl sites for hydroxylation is 1. The molecule has 6 nitrogen and oxygen atoms in total. The second-order valence-electron chi connectivity index (χ2n) is 7.48. The molecule has 33 heavy (non-hydrogen) atoms. The van der Waals surface area contributed by atoms with E-state index >= 15 is 0 Å². The van der Waals surface area contributed by atoms with Gasteiger partial charge in [0.2, 0.25) is 0 Å². The number of carbonyl (C=O) groups is 3. The van der Waals surface area contributed by atoms with Gasteiger partial charge in [-0.1, -0.05) is 29.3 Å². The Labute approximate surface area is 204 Å². The number of hydrogen-bond donors (Lipinski definition) is 1. The number of halogens is 2. The Morgan fingerprint density at radius 3 is 2.30 bits per heavy atom. The van der Waals surface area contributed by atoms with Crippen molar-refractivity contribution in [2.24, 2.45) is 0 Å². The molecule has 1 fully saturated rings. The topological polar surface area (TPSA) is 79.6 Å². The number of benzene rings is 2. The Morgan fingerprint density at radius 1 is 1.06 bits per heavy atom. The third kappa shape index (κ3) is 4.44. The molecule has 1 N–H and O–H groups in total. The average Bonchev–Trinajstić information content (AvgIpc) is 3.19. The maximum atomic E-state index is 13.0. The van der Waals surface area contributed by atoms with Crippen molar-refractivity contribution in [1.29, 1.82) is 0 Å². The van der Waals surface area contributed by atoms with Gasteiger partial charge in [0.05, 0.1) is 17.0 Å². The molecular weight excluding hydrogens is 483 g/mol. The van der Waals surface area contributed by atoms with E-state index in [9.17, 15) is 14.4 Å². The van der Waals surface area contributed by atoms with E-state index in [4.69, 9.17) is 28.3 Å². The zero-order chi connectivity index (χ0) is 23.9. The van der Waals surface area contributed by atoms with Gasteiger partial charge in [-0.15, -0.1) is 0 Å². The van der Waals surface area contributed by atoms with Crippen molar-refractivity contribution in [2.45, 2.75) is 20.4 Å². The van der Waals surface area contributed by atoms with E-state index in [0.717, 1.165) is 39.3 Å². The molecule has 4 rings (SSSR count). The number of imide groups is 1. The average molecular weight is 501 g/mol. The third-order valence-corrected chi connectivity index (χ3v) is 7.00. The van der Waals surface area contributed by atoms with Crippen LogP contribution in [0.2, 0.25) is 10.0 Å². The highest BCUT2D eigenvalue weighted by Crippen LogP contribution is 2.36. The van der Waals surface area contributed by atoms with E-state index in [1.807, 2.05) is 24.5 Å². The molecule has 2 aromatic carbocycles. The monoisotopic (exact) mass is 500 g/mol. The fourth-order valence-electron chi connectivity index (χ4n) is 3.70. The van der Waals surface area contributed by atoms with Crippen LogP contribution in [0.25, 0.3) is 11.8 Å². The molecule has 9 heteroatoms. The van der Waals surface area contributed by atoms with E-state index in [2.05, 4.69) is 0 Å². The first-order valence-corrected chi connectivity index (χ1v) is 11.5. The summed E-state index contributed by atoms with van der Waals surface area (Å²) >= 11 is 13.3. The van der Waals surface area contributed by atoms with Gasteiger partial charge in [-0.3, -0.25) is 14.5 Å². The summed E-state index contributed by atoms with van der Waals surface area (Å²) in [6.45, 7) is 3.81. The number of aromatic nitrogens is 1. The molecule has 0 saturated carbocycles. The summed E-state index contributed by atoms with van der Waals surface area (Å²) in [7, 11) is 0. The highest BCUT2D eigenvalue weighted by atomic mass is 35.5. The first-order chi connectivity index (χ1) is 15.7. The van der Waals surface area contributed by atoms with Gasteiger partial charge >= 0.3 is 5.97 Å². The minimum atomic E-state index is -0.989. The van der Waals surface area contributed by atoms with Crippen LogP contribution < -0.4 is 0 Å². The van der Waals surface area contributed by atoms with Crippen molar-refractivity contribution in [1.82, 2.24) is 9.47 Å². The van der Waals surface area contributed by atoms with Crippen LogP contribution in [0.15, 0.2) is 53.4 Å². The van der Waals surface area contributed by atoms with Gasteiger partial charge in [-0.2, -0.15) is 0 Å². The van der Waals surface area contributed by atoms with Crippen LogP contribution in [0.5, 0.6) is 0 Å². The minimum absolute atomic E-state index is 0.00450. The lowest BCUT2D eigenvalue weighted by molar-refractivity contribution is -0.123. The molecule has 0 unspecified atom stereocenters. The summed E-state index contributed by atoms with van der Waals surface area (Å²) in [5.41, 5.74) is 4.08. The third-order valence-electron chi connectivity index (χ3n) is 5.38. The normalized spacial score (nSPS) is 15.0. The Hall–Kier alpha value is -3.00. The maximum Gasteiger partial charge on any atom is 0.335 e. The lowest BCUT2D eigenvalue weighted by Gasteiger charge is -2.14. The molecule has 168 valence electrons. The maximum absolute atomic E-state index is 13.0. The SMILES string of the molecule is Cc1cc(/C=C2\SC(=O)N(Cc3c(Cl)cccc3Cl)C2=O)c(C)n1-c1ccc(C(=O)O)cc1. The Morgan fingerprint density at radius 2 is 1.70 bits per heavy atom. The fourth-order valence-corrected chi connectivity index (χ4v) is 5.05. The first-order valence-electron chi connectivity index (χ1n) is 9.88. The molecule has 1 saturated heterocycles. The minimum Gasteiger partial charge on any atom is -0.478 e. The van der Waals surface area contributed by atoms with E-state index in [1.54, 1.807) is 48.5 Å². The largest absolute Gasteiger partial charge is 0.478 e. The molecule has 2 heterocycles. The van der Waals surface area contributed by atoms with Crippen molar-refractivity contribution in [3.8, 4) is 5.69 Å². The number of amides is 2. The van der Waals surface area contributed by atoms with Gasteiger partial charge in [-0.05, 0) is 79.7 Å². The molecular formula is C24H18Cl2N2O4S. The van der Waals surface area contributed by atoms with Crippen LogP contribution >= 0.6 is 35.0 Å². The van der Waals surface area contributed by atoms with Crippen molar-refractivity contribution < 1.29 is 19.5 Å². The highest BCUT2D eigenvalue weighted by molar-refractivity contribution is 8.18. The number of nitrogens with zero attached hydrogens (tertiary/aromatic N) is 2. The number of aromatic carboxylic acids is 1. The summed E-state index contributed by atoms with van der Waals surface area (Å²) in [5.74, 6) is -1.39. The smallest absolute Gasteiger partial charge is 0.335 e. The lowest BCUT2D eigenvalue weighted by atomic mass is 10.2. The number of thioether (sulfide) groups is 1. The second-order valence-corrected chi connectivity index (χ2v) is 9.29. The van der Waals surface area contributed by atoms with Gasteiger partial charge in [0.25, 0.3) is 11.1 Å². The van der Waals surface area contributed by atoms with Crippen LogP contribution in [-0.4, -0.2) is 31.7 Å². The number of rotatable bonds is 5. The molecule has 1 aliphatic rings. The second kappa shape index (κ2) is 9.09. The molecule has 0 atom stereocenters. The molecule has 1 aliphatic heterocycles. The van der Waals surface area contributed by atoms with Crippen molar-refractivity contribution in [3.63, 3.8) is 0 Å². The van der Waals surface area contributed by atoms with Crippen LogP contribution in [0.3, 0.4) is 0 Å². The summed E-state index contributed by atoms with van der Waals surface area (Å²) < 4.78 is 1.96. The van der Waals surface area contributed by atoms with Crippen molar-refractivity contribution >= 4 is 58.2 Å². The van der Waals surface area contributed by atoms with E-state index < -0.39 is 11.9 Å².